The van der Waals surface area contributed by atoms with Crippen molar-refractivity contribution in [2.45, 2.75) is 43.6 Å². The van der Waals surface area contributed by atoms with Crippen molar-refractivity contribution >= 4 is 34.5 Å². The Labute approximate surface area is 168 Å². The van der Waals surface area contributed by atoms with Crippen LogP contribution in [0.1, 0.15) is 37.0 Å². The van der Waals surface area contributed by atoms with Crippen LogP contribution < -0.4 is 10.9 Å². The molecule has 0 aliphatic carbocycles. The molecule has 0 saturated heterocycles. The van der Waals surface area contributed by atoms with Crippen molar-refractivity contribution in [3.63, 3.8) is 0 Å². The van der Waals surface area contributed by atoms with Gasteiger partial charge in [-0.1, -0.05) is 31.2 Å². The highest BCUT2D eigenvalue weighted by Crippen LogP contribution is 2.23. The van der Waals surface area contributed by atoms with Crippen LogP contribution in [0, 0.1) is 0 Å². The molecule has 0 aliphatic rings. The molecule has 2 rings (SSSR count). The summed E-state index contributed by atoms with van der Waals surface area (Å²) in [6, 6.07) is 4.69. The number of benzene rings is 1. The van der Waals surface area contributed by atoms with Gasteiger partial charge in [-0.3, -0.25) is 14.2 Å². The molecule has 1 N–H and O–H groups in total. The summed E-state index contributed by atoms with van der Waals surface area (Å²) < 4.78 is 6.34. The Morgan fingerprint density at radius 1 is 1.43 bits per heavy atom. The summed E-state index contributed by atoms with van der Waals surface area (Å²) in [6.45, 7) is 8.27. The standard InChI is InChI=1S/C20H25N3O4S/c1-5-7-11-23-18(25)15-9-8-14(19(26)27-4)12-16(15)22-20(23)28-13(3)17(24)21-10-6-2/h6,8-9,12-13H,2,5,7,10-11H2,1,3-4H3,(H,21,24)/t13-/m0/s1. The molecular formula is C20H25N3O4S. The number of unbranched alkanes of at least 4 members (excludes halogenated alkanes) is 1. The zero-order valence-corrected chi connectivity index (χ0v) is 17.2. The topological polar surface area (TPSA) is 90.3 Å². The first-order valence-corrected chi connectivity index (χ1v) is 9.99. The van der Waals surface area contributed by atoms with E-state index in [4.69, 9.17) is 4.74 Å². The van der Waals surface area contributed by atoms with Crippen molar-refractivity contribution in [1.82, 2.24) is 14.9 Å². The summed E-state index contributed by atoms with van der Waals surface area (Å²) in [5.41, 5.74) is 0.541. The van der Waals surface area contributed by atoms with Gasteiger partial charge in [-0.25, -0.2) is 9.78 Å². The van der Waals surface area contributed by atoms with Gasteiger partial charge in [-0.2, -0.15) is 0 Å². The Morgan fingerprint density at radius 3 is 2.82 bits per heavy atom. The van der Waals surface area contributed by atoms with Crippen LogP contribution in [0.4, 0.5) is 0 Å². The van der Waals surface area contributed by atoms with E-state index in [1.807, 2.05) is 6.92 Å². The third-order valence-corrected chi connectivity index (χ3v) is 5.24. The van der Waals surface area contributed by atoms with Gasteiger partial charge in [0.15, 0.2) is 5.16 Å². The number of esters is 1. The van der Waals surface area contributed by atoms with E-state index in [-0.39, 0.29) is 11.5 Å². The second-order valence-electron chi connectivity index (χ2n) is 6.22. The van der Waals surface area contributed by atoms with Crippen molar-refractivity contribution in [2.24, 2.45) is 0 Å². The summed E-state index contributed by atoms with van der Waals surface area (Å²) in [5, 5.41) is 3.18. The van der Waals surface area contributed by atoms with Crippen molar-refractivity contribution in [3.8, 4) is 0 Å². The van der Waals surface area contributed by atoms with Gasteiger partial charge in [0, 0.05) is 13.1 Å². The largest absolute Gasteiger partial charge is 0.465 e. The zero-order valence-electron chi connectivity index (χ0n) is 16.4. The molecule has 2 aromatic rings. The molecule has 1 atom stereocenters. The first kappa shape index (κ1) is 21.7. The predicted molar refractivity (Wildman–Crippen MR) is 111 cm³/mol. The second kappa shape index (κ2) is 10.1. The summed E-state index contributed by atoms with van der Waals surface area (Å²) in [4.78, 5) is 41.6. The monoisotopic (exact) mass is 403 g/mol. The fourth-order valence-electron chi connectivity index (χ4n) is 2.58. The molecule has 28 heavy (non-hydrogen) atoms. The van der Waals surface area contributed by atoms with Crippen molar-refractivity contribution in [1.29, 1.82) is 0 Å². The van der Waals surface area contributed by atoms with Gasteiger partial charge >= 0.3 is 5.97 Å². The van der Waals surface area contributed by atoms with E-state index in [0.29, 0.717) is 34.7 Å². The molecule has 1 amide bonds. The smallest absolute Gasteiger partial charge is 0.337 e. The molecule has 0 bridgehead atoms. The van der Waals surface area contributed by atoms with Crippen LogP contribution in [0.2, 0.25) is 0 Å². The van der Waals surface area contributed by atoms with Crippen molar-refractivity contribution in [2.75, 3.05) is 13.7 Å². The molecule has 0 fully saturated rings. The van der Waals surface area contributed by atoms with E-state index < -0.39 is 11.2 Å². The number of amides is 1. The van der Waals surface area contributed by atoms with Gasteiger partial charge in [0.2, 0.25) is 5.91 Å². The van der Waals surface area contributed by atoms with Crippen LogP contribution in [0.3, 0.4) is 0 Å². The molecule has 0 saturated carbocycles. The Bertz CT molecular complexity index is 939. The average Bonchev–Trinajstić information content (AvgIpc) is 2.70. The highest BCUT2D eigenvalue weighted by molar-refractivity contribution is 8.00. The SMILES string of the molecule is C=CCNC(=O)[C@H](C)Sc1nc2cc(C(=O)OC)ccc2c(=O)n1CCCC. The number of carbonyl (C=O) groups is 2. The maximum absolute atomic E-state index is 13.0. The first-order chi connectivity index (χ1) is 13.4. The van der Waals surface area contributed by atoms with Crippen LogP contribution >= 0.6 is 11.8 Å². The summed E-state index contributed by atoms with van der Waals surface area (Å²) in [6.07, 6.45) is 3.35. The minimum Gasteiger partial charge on any atom is -0.465 e. The molecule has 7 nitrogen and oxygen atoms in total. The number of hydrogen-bond acceptors (Lipinski definition) is 6. The Hall–Kier alpha value is -2.61. The number of aromatic nitrogens is 2. The van der Waals surface area contributed by atoms with E-state index in [9.17, 15) is 14.4 Å². The van der Waals surface area contributed by atoms with E-state index in [1.165, 1.54) is 18.9 Å². The lowest BCUT2D eigenvalue weighted by atomic mass is 10.1. The molecule has 150 valence electrons. The number of hydrogen-bond donors (Lipinski definition) is 1. The first-order valence-electron chi connectivity index (χ1n) is 9.11. The van der Waals surface area contributed by atoms with Gasteiger partial charge in [0.1, 0.15) is 0 Å². The molecule has 0 unspecified atom stereocenters. The number of nitrogens with zero attached hydrogens (tertiary/aromatic N) is 2. The molecule has 1 heterocycles. The molecule has 8 heteroatoms. The van der Waals surface area contributed by atoms with Crippen LogP contribution in [0.25, 0.3) is 10.9 Å². The van der Waals surface area contributed by atoms with E-state index in [2.05, 4.69) is 16.9 Å². The zero-order chi connectivity index (χ0) is 20.7. The molecule has 0 aliphatic heterocycles. The number of methoxy groups -OCH3 is 1. The number of carbonyl (C=O) groups excluding carboxylic acids is 2. The highest BCUT2D eigenvalue weighted by Gasteiger charge is 2.19. The van der Waals surface area contributed by atoms with Gasteiger partial charge in [-0.15, -0.1) is 6.58 Å². The van der Waals surface area contributed by atoms with E-state index >= 15 is 0 Å². The number of rotatable bonds is 9. The van der Waals surface area contributed by atoms with Gasteiger partial charge in [0.25, 0.3) is 5.56 Å². The van der Waals surface area contributed by atoms with Crippen LogP contribution in [-0.4, -0.2) is 40.3 Å². The third-order valence-electron chi connectivity index (χ3n) is 4.15. The lowest BCUT2D eigenvalue weighted by Crippen LogP contribution is -2.32. The van der Waals surface area contributed by atoms with Gasteiger partial charge in [0.05, 0.1) is 28.8 Å². The quantitative estimate of drug-likeness (QED) is 0.300. The number of thioether (sulfide) groups is 1. The molecule has 1 aromatic heterocycles. The fourth-order valence-corrected chi connectivity index (χ4v) is 3.54. The normalized spacial score (nSPS) is 11.8. The molecule has 0 spiro atoms. The summed E-state index contributed by atoms with van der Waals surface area (Å²) >= 11 is 1.22. The minimum absolute atomic E-state index is 0.162. The lowest BCUT2D eigenvalue weighted by molar-refractivity contribution is -0.120. The maximum atomic E-state index is 13.0. The van der Waals surface area contributed by atoms with Crippen LogP contribution in [-0.2, 0) is 16.1 Å². The highest BCUT2D eigenvalue weighted by atomic mass is 32.2. The lowest BCUT2D eigenvalue weighted by Gasteiger charge is -2.16. The molecule has 1 aromatic carbocycles. The van der Waals surface area contributed by atoms with Crippen LogP contribution in [0.15, 0.2) is 40.8 Å². The minimum atomic E-state index is -0.495. The Morgan fingerprint density at radius 2 is 2.18 bits per heavy atom. The molecule has 0 radical (unpaired) electrons. The fraction of sp³-hybridized carbons (Fsp3) is 0.400. The Balaban J connectivity index is 2.50. The Kier molecular flexibility index (Phi) is 7.80. The summed E-state index contributed by atoms with van der Waals surface area (Å²) in [7, 11) is 1.30. The molecular weight excluding hydrogens is 378 g/mol. The van der Waals surface area contributed by atoms with Gasteiger partial charge in [-0.05, 0) is 31.5 Å². The predicted octanol–water partition coefficient (Wildman–Crippen LogP) is 2.77. The van der Waals surface area contributed by atoms with E-state index in [0.717, 1.165) is 12.8 Å². The number of ether oxygens (including phenoxy) is 1. The second-order valence-corrected chi connectivity index (χ2v) is 7.53. The van der Waals surface area contributed by atoms with Gasteiger partial charge < -0.3 is 10.1 Å². The average molecular weight is 404 g/mol. The van der Waals surface area contributed by atoms with Crippen LogP contribution in [0.5, 0.6) is 0 Å². The number of nitrogens with one attached hydrogen (secondary N) is 1. The van der Waals surface area contributed by atoms with E-state index in [1.54, 1.807) is 35.8 Å². The maximum Gasteiger partial charge on any atom is 0.337 e. The summed E-state index contributed by atoms with van der Waals surface area (Å²) in [5.74, 6) is -0.658. The van der Waals surface area contributed by atoms with Crippen molar-refractivity contribution < 1.29 is 14.3 Å². The van der Waals surface area contributed by atoms with Crippen molar-refractivity contribution in [3.05, 3.63) is 46.8 Å². The number of fused-ring (bicyclic) bond motifs is 1. The third kappa shape index (κ3) is 5.01.